The summed E-state index contributed by atoms with van der Waals surface area (Å²) >= 11 is 0. The van der Waals surface area contributed by atoms with Gasteiger partial charge in [-0.3, -0.25) is 4.98 Å². The van der Waals surface area contributed by atoms with Crippen LogP contribution in [-0.4, -0.2) is 57.4 Å². The van der Waals surface area contributed by atoms with Crippen molar-refractivity contribution in [1.29, 1.82) is 0 Å². The molecule has 0 unspecified atom stereocenters. The van der Waals surface area contributed by atoms with Crippen LogP contribution >= 0.6 is 24.8 Å². The van der Waals surface area contributed by atoms with Crippen LogP contribution in [0.5, 0.6) is 11.5 Å². The largest absolute Gasteiger partial charge is 0.493 e. The Morgan fingerprint density at radius 2 is 1.62 bits per heavy atom. The predicted molar refractivity (Wildman–Crippen MR) is 119 cm³/mol. The molecule has 1 fully saturated rings. The lowest BCUT2D eigenvalue weighted by Gasteiger charge is -2.31. The van der Waals surface area contributed by atoms with E-state index in [1.165, 1.54) is 19.8 Å². The number of methoxy groups -OCH3 is 2. The van der Waals surface area contributed by atoms with Gasteiger partial charge < -0.3 is 14.4 Å². The van der Waals surface area contributed by atoms with E-state index in [0.717, 1.165) is 26.1 Å². The fourth-order valence-electron chi connectivity index (χ4n) is 3.47. The van der Waals surface area contributed by atoms with Gasteiger partial charge in [0.1, 0.15) is 0 Å². The smallest absolute Gasteiger partial charge is 0.181 e. The molecule has 29 heavy (non-hydrogen) atoms. The highest BCUT2D eigenvalue weighted by Crippen LogP contribution is 2.32. The van der Waals surface area contributed by atoms with Gasteiger partial charge in [0.2, 0.25) is 0 Å². The van der Waals surface area contributed by atoms with Gasteiger partial charge in [-0.25, -0.2) is 8.42 Å². The first-order chi connectivity index (χ1) is 13.0. The van der Waals surface area contributed by atoms with Crippen molar-refractivity contribution in [3.05, 3.63) is 48.3 Å². The summed E-state index contributed by atoms with van der Waals surface area (Å²) in [5, 5.41) is -0.354. The maximum absolute atomic E-state index is 13.0. The summed E-state index contributed by atoms with van der Waals surface area (Å²) in [5.74, 6) is 0.968. The quantitative estimate of drug-likeness (QED) is 0.627. The first kappa shape index (κ1) is 25.5. The molecule has 0 bridgehead atoms. The van der Waals surface area contributed by atoms with E-state index in [0.29, 0.717) is 29.2 Å². The molecule has 2 heterocycles. The lowest BCUT2D eigenvalue weighted by molar-refractivity contribution is 0.232. The van der Waals surface area contributed by atoms with Crippen molar-refractivity contribution in [3.8, 4) is 11.5 Å². The molecule has 0 amide bonds. The number of hydrogen-bond donors (Lipinski definition) is 0. The summed E-state index contributed by atoms with van der Waals surface area (Å²) in [6.07, 6.45) is 5.85. The van der Waals surface area contributed by atoms with Crippen molar-refractivity contribution in [1.82, 2.24) is 9.88 Å². The van der Waals surface area contributed by atoms with Gasteiger partial charge in [0, 0.05) is 25.0 Å². The number of sulfone groups is 1. The van der Waals surface area contributed by atoms with Gasteiger partial charge >= 0.3 is 0 Å². The molecule has 0 radical (unpaired) electrons. The molecule has 0 aliphatic carbocycles. The number of aromatic nitrogens is 1. The standard InChI is InChI=1S/C20H26N2O4S.2ClH/c1-25-19-4-3-18(15-20(19)26-2)27(23,24)17-8-13-22(14-9-17)12-7-16-5-10-21-11-6-16;;/h3-6,10-11,15,17H,7-9,12-14H2,1-2H3;2*1H. The number of ether oxygens (including phenoxy) is 2. The first-order valence-electron chi connectivity index (χ1n) is 9.12. The van der Waals surface area contributed by atoms with Crippen molar-refractivity contribution in [2.45, 2.75) is 29.4 Å². The lowest BCUT2D eigenvalue weighted by atomic mass is 10.1. The SMILES string of the molecule is COc1ccc(S(=O)(=O)C2CCN(CCc3ccncc3)CC2)cc1OC.Cl.Cl. The van der Waals surface area contributed by atoms with E-state index < -0.39 is 9.84 Å². The minimum atomic E-state index is -3.38. The Morgan fingerprint density at radius 1 is 1.00 bits per heavy atom. The molecule has 1 saturated heterocycles. The Bertz CT molecular complexity index is 858. The van der Waals surface area contributed by atoms with E-state index in [1.54, 1.807) is 30.6 Å². The average molecular weight is 463 g/mol. The number of halogens is 2. The van der Waals surface area contributed by atoms with Crippen LogP contribution in [0.2, 0.25) is 0 Å². The molecule has 1 aliphatic rings. The number of pyridine rings is 1. The van der Waals surface area contributed by atoms with E-state index in [1.807, 2.05) is 12.1 Å². The molecule has 2 aromatic rings. The van der Waals surface area contributed by atoms with Crippen LogP contribution in [0, 0.1) is 0 Å². The highest BCUT2D eigenvalue weighted by Gasteiger charge is 2.31. The van der Waals surface area contributed by atoms with Crippen LogP contribution in [0.3, 0.4) is 0 Å². The summed E-state index contributed by atoms with van der Waals surface area (Å²) in [4.78, 5) is 6.67. The Hall–Kier alpha value is -1.54. The number of piperidine rings is 1. The molecule has 1 aromatic heterocycles. The van der Waals surface area contributed by atoms with Gasteiger partial charge in [-0.1, -0.05) is 0 Å². The molecule has 162 valence electrons. The third kappa shape index (κ3) is 6.22. The van der Waals surface area contributed by atoms with Crippen LogP contribution in [0.15, 0.2) is 47.6 Å². The minimum absolute atomic E-state index is 0. The number of nitrogens with zero attached hydrogens (tertiary/aromatic N) is 2. The molecule has 0 spiro atoms. The summed E-state index contributed by atoms with van der Waals surface area (Å²) in [6, 6.07) is 8.86. The number of benzene rings is 1. The maximum Gasteiger partial charge on any atom is 0.181 e. The molecule has 0 saturated carbocycles. The van der Waals surface area contributed by atoms with E-state index in [-0.39, 0.29) is 30.1 Å². The maximum atomic E-state index is 13.0. The van der Waals surface area contributed by atoms with Gasteiger partial charge in [-0.2, -0.15) is 0 Å². The molecule has 0 N–H and O–H groups in total. The molecular weight excluding hydrogens is 435 g/mol. The van der Waals surface area contributed by atoms with Gasteiger partial charge in [0.15, 0.2) is 21.3 Å². The second-order valence-electron chi connectivity index (χ2n) is 6.71. The van der Waals surface area contributed by atoms with Gasteiger partial charge in [-0.05, 0) is 62.2 Å². The third-order valence-corrected chi connectivity index (χ3v) is 7.38. The fourth-order valence-corrected chi connectivity index (χ4v) is 5.21. The molecule has 0 atom stereocenters. The first-order valence-corrected chi connectivity index (χ1v) is 10.7. The van der Waals surface area contributed by atoms with E-state index in [9.17, 15) is 8.42 Å². The lowest BCUT2D eigenvalue weighted by Crippen LogP contribution is -2.40. The Morgan fingerprint density at radius 3 is 2.21 bits per heavy atom. The number of hydrogen-bond acceptors (Lipinski definition) is 6. The summed E-state index contributed by atoms with van der Waals surface area (Å²) in [5.41, 5.74) is 1.25. The van der Waals surface area contributed by atoms with Crippen LogP contribution in [0.1, 0.15) is 18.4 Å². The van der Waals surface area contributed by atoms with Crippen molar-refractivity contribution in [2.75, 3.05) is 33.9 Å². The Labute approximate surface area is 185 Å². The van der Waals surface area contributed by atoms with Crippen LogP contribution in [0.25, 0.3) is 0 Å². The zero-order chi connectivity index (χ0) is 19.3. The third-order valence-electron chi connectivity index (χ3n) is 5.12. The zero-order valence-electron chi connectivity index (χ0n) is 16.6. The minimum Gasteiger partial charge on any atom is -0.493 e. The topological polar surface area (TPSA) is 68.7 Å². The van der Waals surface area contributed by atoms with E-state index in [4.69, 9.17) is 9.47 Å². The highest BCUT2D eigenvalue weighted by molar-refractivity contribution is 7.92. The number of likely N-dealkylation sites (tertiary alicyclic amines) is 1. The fraction of sp³-hybridized carbons (Fsp3) is 0.450. The predicted octanol–water partition coefficient (Wildman–Crippen LogP) is 3.42. The summed E-state index contributed by atoms with van der Waals surface area (Å²) in [7, 11) is -0.336. The monoisotopic (exact) mass is 462 g/mol. The van der Waals surface area contributed by atoms with Gasteiger partial charge in [0.25, 0.3) is 0 Å². The number of rotatable bonds is 7. The molecule has 1 aliphatic heterocycles. The average Bonchev–Trinajstić information content (AvgIpc) is 2.72. The van der Waals surface area contributed by atoms with Crippen LogP contribution < -0.4 is 9.47 Å². The van der Waals surface area contributed by atoms with Crippen LogP contribution in [-0.2, 0) is 16.3 Å². The van der Waals surface area contributed by atoms with E-state index in [2.05, 4.69) is 9.88 Å². The van der Waals surface area contributed by atoms with Crippen molar-refractivity contribution in [2.24, 2.45) is 0 Å². The normalized spacial score (nSPS) is 15.1. The second-order valence-corrected chi connectivity index (χ2v) is 8.94. The van der Waals surface area contributed by atoms with Crippen LogP contribution in [0.4, 0.5) is 0 Å². The van der Waals surface area contributed by atoms with Crippen molar-refractivity contribution in [3.63, 3.8) is 0 Å². The molecule has 1 aromatic carbocycles. The highest BCUT2D eigenvalue weighted by atomic mass is 35.5. The zero-order valence-corrected chi connectivity index (χ0v) is 19.1. The summed E-state index contributed by atoms with van der Waals surface area (Å²) < 4.78 is 36.5. The summed E-state index contributed by atoms with van der Waals surface area (Å²) in [6.45, 7) is 2.53. The van der Waals surface area contributed by atoms with Gasteiger partial charge in [0.05, 0.1) is 24.4 Å². The van der Waals surface area contributed by atoms with Gasteiger partial charge in [-0.15, -0.1) is 24.8 Å². The molecule has 9 heteroatoms. The second kappa shape index (κ2) is 11.6. The Kier molecular flexibility index (Phi) is 10.2. The van der Waals surface area contributed by atoms with E-state index >= 15 is 0 Å². The van der Waals surface area contributed by atoms with Crippen molar-refractivity contribution < 1.29 is 17.9 Å². The molecular formula is C20H28Cl2N2O4S. The van der Waals surface area contributed by atoms with Crippen molar-refractivity contribution >= 4 is 34.7 Å². The molecule has 6 nitrogen and oxygen atoms in total. The molecule has 3 rings (SSSR count). The Balaban J connectivity index is 0.00000210.